The Bertz CT molecular complexity index is 3510. The van der Waals surface area contributed by atoms with Crippen molar-refractivity contribution in [2.45, 2.75) is 122 Å². The maximum atomic E-state index is 16.2. The molecule has 0 bridgehead atoms. The van der Waals surface area contributed by atoms with Gasteiger partial charge in [-0.1, -0.05) is 43.3 Å². The summed E-state index contributed by atoms with van der Waals surface area (Å²) in [5, 5.41) is 37.9. The molecular weight excluding hydrogens is 1140 g/mol. The molecule has 0 saturated carbocycles. The molecule has 0 spiro atoms. The number of benzene rings is 3. The van der Waals surface area contributed by atoms with Crippen molar-refractivity contribution < 1.29 is 69.0 Å². The zero-order valence-corrected chi connectivity index (χ0v) is 47.0. The highest BCUT2D eigenvalue weighted by atomic mass is 32.1. The number of β-amino-alcohol motifs (C(OH)–C–C–N with tert-alkyl or cyclic N) is 1. The number of thiocarbonyl (C=S) groups is 1. The van der Waals surface area contributed by atoms with Crippen molar-refractivity contribution in [2.24, 2.45) is 5.92 Å². The number of anilines is 2. The molecule has 5 atom stereocenters. The number of aryl methyl sites for hydroxylation is 2. The number of hydrogen-bond acceptors (Lipinski definition) is 13. The van der Waals surface area contributed by atoms with E-state index in [2.05, 4.69) is 20.4 Å². The Morgan fingerprint density at radius 3 is 2.25 bits per heavy atom. The number of alkyl halides is 6. The number of nitrogens with one attached hydrogen (secondary N) is 1. The number of carbonyl (C=O) groups excluding carboxylic acids is 3. The highest BCUT2D eigenvalue weighted by molar-refractivity contribution is 7.80. The van der Waals surface area contributed by atoms with E-state index in [-0.39, 0.29) is 68.6 Å². The van der Waals surface area contributed by atoms with Crippen LogP contribution in [0.5, 0.6) is 5.75 Å². The number of aromatic nitrogens is 3. The van der Waals surface area contributed by atoms with E-state index in [1.807, 2.05) is 32.9 Å². The number of rotatable bonds is 14. The van der Waals surface area contributed by atoms with Crippen LogP contribution < -0.4 is 19.9 Å². The number of aliphatic hydroxyl groups is 2. The summed E-state index contributed by atoms with van der Waals surface area (Å²) in [5.41, 5.74) is -3.84. The van der Waals surface area contributed by atoms with Gasteiger partial charge in [-0.3, -0.25) is 24.3 Å². The number of ether oxygens (including phenoxy) is 1. The van der Waals surface area contributed by atoms with E-state index in [1.54, 1.807) is 35.5 Å². The van der Waals surface area contributed by atoms with E-state index in [1.165, 1.54) is 42.2 Å². The Morgan fingerprint density at radius 1 is 0.964 bits per heavy atom. The lowest BCUT2D eigenvalue weighted by molar-refractivity contribution is -0.141. The van der Waals surface area contributed by atoms with E-state index in [4.69, 9.17) is 21.5 Å². The first kappa shape index (κ1) is 60.0. The summed E-state index contributed by atoms with van der Waals surface area (Å²) in [6.45, 7) is 10.1. The van der Waals surface area contributed by atoms with Gasteiger partial charge in [-0.25, -0.2) is 13.8 Å². The molecule has 6 aromatic rings. The van der Waals surface area contributed by atoms with Gasteiger partial charge in [0.2, 0.25) is 17.7 Å². The first-order chi connectivity index (χ1) is 39.1. The lowest BCUT2D eigenvalue weighted by Gasteiger charge is -2.34. The summed E-state index contributed by atoms with van der Waals surface area (Å²) >= 11 is 6.93. The Morgan fingerprint density at radius 2 is 1.66 bits per heavy atom. The zero-order chi connectivity index (χ0) is 60.2. The van der Waals surface area contributed by atoms with E-state index in [0.29, 0.717) is 34.1 Å². The minimum Gasteiger partial charge on any atom is -0.490 e. The third-order valence-electron chi connectivity index (χ3n) is 15.1. The summed E-state index contributed by atoms with van der Waals surface area (Å²) < 4.78 is 130. The predicted octanol–water partition coefficient (Wildman–Crippen LogP) is 10.4. The topological polar surface area (TPSA) is 201 Å². The number of amides is 3. The van der Waals surface area contributed by atoms with Gasteiger partial charge in [0.05, 0.1) is 80.6 Å². The molecule has 16 nitrogen and oxygen atoms in total. The second-order valence-corrected chi connectivity index (χ2v) is 22.7. The number of carbonyl (C=O) groups is 3. The van der Waals surface area contributed by atoms with Gasteiger partial charge in [0.25, 0.3) is 0 Å². The number of aliphatic hydroxyl groups excluding tert-OH is 2. The van der Waals surface area contributed by atoms with Crippen LogP contribution in [0.2, 0.25) is 0 Å². The van der Waals surface area contributed by atoms with Gasteiger partial charge in [0, 0.05) is 56.6 Å². The molecule has 9 rings (SSSR count). The van der Waals surface area contributed by atoms with Crippen molar-refractivity contribution in [3.63, 3.8) is 0 Å². The van der Waals surface area contributed by atoms with Crippen molar-refractivity contribution in [3.8, 4) is 33.5 Å². The molecule has 3 fully saturated rings. The second kappa shape index (κ2) is 23.2. The standard InChI is InChI=1S/C57H55F8N9O7S2/c1-28(2)46(44-19-29(3)70-81-44)52(78)72-26-35(75)21-43(72)51(77)69-41(31-7-9-32(10-8-31)50-30(4)68-27-83-50)23-45(76)71-17-15-36(16-18-71)80-37-12-13-38(39(22-37)56(60,61)62)49-40(58)20-34(25-67-49)74-54(82)73(53(79)55(74,5)6)42-14-11-33(24-66)47(48(42)59)57(63,64)65/h7-14,19-20,22,25,27-28,35-36,41,43,46,53,75,79H,15-18,21,23,26H2,1-6H3,(H,69,77)/t35-,41+,43+,46?,53?/m1/s1. The van der Waals surface area contributed by atoms with Crippen molar-refractivity contribution in [1.82, 2.24) is 30.2 Å². The lowest BCUT2D eigenvalue weighted by Crippen LogP contribution is -2.49. The largest absolute Gasteiger partial charge is 0.490 e. The van der Waals surface area contributed by atoms with Crippen LogP contribution in [0.15, 0.2) is 83.0 Å². The van der Waals surface area contributed by atoms with E-state index >= 15 is 8.78 Å². The number of halogens is 8. The number of likely N-dealkylation sites (tertiary alicyclic amines) is 2. The fraction of sp³-hybridized carbons (Fsp3) is 0.404. The molecule has 6 heterocycles. The van der Waals surface area contributed by atoms with Crippen LogP contribution in [-0.2, 0) is 26.7 Å². The maximum Gasteiger partial charge on any atom is 0.420 e. The maximum absolute atomic E-state index is 16.2. The third kappa shape index (κ3) is 12.0. The van der Waals surface area contributed by atoms with Gasteiger partial charge in [0.1, 0.15) is 40.8 Å². The van der Waals surface area contributed by atoms with E-state index < -0.39 is 117 Å². The Kier molecular flexibility index (Phi) is 16.8. The number of hydrogen-bond donors (Lipinski definition) is 3. The fourth-order valence-electron chi connectivity index (χ4n) is 10.9. The number of pyridine rings is 1. The van der Waals surface area contributed by atoms with Gasteiger partial charge in [-0.15, -0.1) is 11.3 Å². The number of nitriles is 1. The second-order valence-electron chi connectivity index (χ2n) is 21.5. The number of nitrogens with zero attached hydrogens (tertiary/aromatic N) is 8. The first-order valence-corrected chi connectivity index (χ1v) is 27.5. The molecule has 3 aliphatic heterocycles. The molecule has 3 saturated heterocycles. The van der Waals surface area contributed by atoms with Gasteiger partial charge in [-0.05, 0) is 87.3 Å². The smallest absolute Gasteiger partial charge is 0.420 e. The SMILES string of the molecule is Cc1cc(C(C(=O)N2C[C@H](O)C[C@H]2C(=O)N[C@@H](CC(=O)N2CCC(Oc3ccc(-c4ncc(N5C(=S)N(c6ccc(C#N)c(C(F)(F)F)c6F)C(O)C5(C)C)cc4F)c(C(F)(F)F)c3)CC2)c2ccc(-c3scnc3C)cc2)C(C)C)on1. The third-order valence-corrected chi connectivity index (χ3v) is 16.5. The summed E-state index contributed by atoms with van der Waals surface area (Å²) in [7, 11) is 0. The Hall–Kier alpha value is -7.60. The first-order valence-electron chi connectivity index (χ1n) is 26.2. The number of piperidine rings is 1. The molecule has 438 valence electrons. The summed E-state index contributed by atoms with van der Waals surface area (Å²) in [5.74, 6) is -5.51. The summed E-state index contributed by atoms with van der Waals surface area (Å²) in [6, 6.07) is 13.4. The van der Waals surface area contributed by atoms with Crippen LogP contribution in [-0.4, -0.2) is 108 Å². The van der Waals surface area contributed by atoms with Crippen LogP contribution in [0.4, 0.5) is 46.5 Å². The molecule has 83 heavy (non-hydrogen) atoms. The van der Waals surface area contributed by atoms with Crippen LogP contribution in [0, 0.1) is 42.7 Å². The molecule has 3 aromatic carbocycles. The molecule has 3 aliphatic rings. The van der Waals surface area contributed by atoms with Gasteiger partial charge in [-0.2, -0.15) is 31.6 Å². The van der Waals surface area contributed by atoms with Gasteiger partial charge >= 0.3 is 12.4 Å². The van der Waals surface area contributed by atoms with Crippen LogP contribution in [0.3, 0.4) is 0 Å². The molecule has 3 N–H and O–H groups in total. The molecular formula is C57H55F8N9O7S2. The van der Waals surface area contributed by atoms with Crippen molar-refractivity contribution in [1.29, 1.82) is 5.26 Å². The molecule has 3 aromatic heterocycles. The minimum atomic E-state index is -5.32. The highest BCUT2D eigenvalue weighted by Gasteiger charge is 2.52. The van der Waals surface area contributed by atoms with E-state index in [9.17, 15) is 56.2 Å². The fourth-order valence-corrected chi connectivity index (χ4v) is 12.3. The van der Waals surface area contributed by atoms with Gasteiger partial charge < -0.3 is 39.5 Å². The van der Waals surface area contributed by atoms with Crippen LogP contribution in [0.25, 0.3) is 21.7 Å². The minimum absolute atomic E-state index is 0.0551. The lowest BCUT2D eigenvalue weighted by atomic mass is 9.91. The Balaban J connectivity index is 0.891. The molecule has 0 radical (unpaired) electrons. The van der Waals surface area contributed by atoms with Crippen molar-refractivity contribution in [3.05, 3.63) is 129 Å². The monoisotopic (exact) mass is 1190 g/mol. The highest BCUT2D eigenvalue weighted by Crippen LogP contribution is 2.45. The number of thiazole rings is 1. The zero-order valence-electron chi connectivity index (χ0n) is 45.4. The average molecular weight is 1190 g/mol. The van der Waals surface area contributed by atoms with Crippen molar-refractivity contribution in [2.75, 3.05) is 29.4 Å². The van der Waals surface area contributed by atoms with Crippen LogP contribution in [0.1, 0.15) is 105 Å². The summed E-state index contributed by atoms with van der Waals surface area (Å²) in [6.07, 6.45) is -12.9. The van der Waals surface area contributed by atoms with Gasteiger partial charge in [0.15, 0.2) is 23.0 Å². The Labute approximate surface area is 480 Å². The van der Waals surface area contributed by atoms with Crippen molar-refractivity contribution >= 4 is 57.8 Å². The quantitative estimate of drug-likeness (QED) is 0.0687. The normalized spacial score (nSPS) is 19.3. The molecule has 2 unspecified atom stereocenters. The summed E-state index contributed by atoms with van der Waals surface area (Å²) in [4.78, 5) is 56.6. The predicted molar refractivity (Wildman–Crippen MR) is 291 cm³/mol. The molecule has 0 aliphatic carbocycles. The molecule has 26 heteroatoms. The molecule has 3 amide bonds. The van der Waals surface area contributed by atoms with Crippen LogP contribution >= 0.6 is 23.6 Å². The van der Waals surface area contributed by atoms with E-state index in [0.717, 1.165) is 45.4 Å². The average Bonchev–Trinajstić information content (AvgIpc) is 2.15.